The van der Waals surface area contributed by atoms with Crippen LogP contribution in [0.25, 0.3) is 22.2 Å². The predicted octanol–water partition coefficient (Wildman–Crippen LogP) is 5.43. The van der Waals surface area contributed by atoms with Crippen molar-refractivity contribution >= 4 is 38.2 Å². The van der Waals surface area contributed by atoms with Gasteiger partial charge in [0, 0.05) is 22.3 Å². The number of halogens is 2. The molecule has 1 heterocycles. The molecule has 0 unspecified atom stereocenters. The maximum absolute atomic E-state index is 13.3. The third-order valence-corrected chi connectivity index (χ3v) is 6.04. The van der Waals surface area contributed by atoms with Crippen LogP contribution in [0, 0.1) is 5.82 Å². The van der Waals surface area contributed by atoms with Gasteiger partial charge in [-0.05, 0) is 54.1 Å². The van der Waals surface area contributed by atoms with Crippen molar-refractivity contribution in [3.8, 4) is 11.3 Å². The Labute approximate surface area is 160 Å². The summed E-state index contributed by atoms with van der Waals surface area (Å²) in [5, 5.41) is 0.931. The lowest BCUT2D eigenvalue weighted by Gasteiger charge is -2.09. The topological polar surface area (TPSA) is 62.0 Å². The van der Waals surface area contributed by atoms with Gasteiger partial charge in [-0.25, -0.2) is 12.8 Å². The molecule has 0 atom stereocenters. The van der Waals surface area contributed by atoms with Gasteiger partial charge < -0.3 is 4.98 Å². The van der Waals surface area contributed by atoms with Crippen molar-refractivity contribution in [1.29, 1.82) is 0 Å². The standard InChI is InChI=1S/C20H14ClFN2O2S/c21-17-3-1-2-4-20(17)27(25,26)24-16-8-5-13(6-9-16)19-12-14-11-15(22)7-10-18(14)23-19/h1-12,23-24H. The van der Waals surface area contributed by atoms with Crippen LogP contribution < -0.4 is 4.72 Å². The summed E-state index contributed by atoms with van der Waals surface area (Å²) in [7, 11) is -3.78. The van der Waals surface area contributed by atoms with Gasteiger partial charge in [0.05, 0.1) is 5.02 Å². The number of fused-ring (bicyclic) bond motifs is 1. The van der Waals surface area contributed by atoms with E-state index in [1.807, 2.05) is 6.07 Å². The molecule has 0 radical (unpaired) electrons. The van der Waals surface area contributed by atoms with Crippen LogP contribution in [0.4, 0.5) is 10.1 Å². The summed E-state index contributed by atoms with van der Waals surface area (Å²) in [4.78, 5) is 3.24. The fraction of sp³-hybridized carbons (Fsp3) is 0. The molecule has 0 spiro atoms. The van der Waals surface area contributed by atoms with Crippen molar-refractivity contribution in [3.63, 3.8) is 0 Å². The second-order valence-corrected chi connectivity index (χ2v) is 8.09. The summed E-state index contributed by atoms with van der Waals surface area (Å²) in [5.41, 5.74) is 2.92. The quantitative estimate of drug-likeness (QED) is 0.480. The average Bonchev–Trinajstić information content (AvgIpc) is 3.05. The highest BCUT2D eigenvalue weighted by Crippen LogP contribution is 2.27. The van der Waals surface area contributed by atoms with Crippen molar-refractivity contribution in [2.24, 2.45) is 0 Å². The van der Waals surface area contributed by atoms with Crippen molar-refractivity contribution < 1.29 is 12.8 Å². The number of anilines is 1. The van der Waals surface area contributed by atoms with E-state index < -0.39 is 10.0 Å². The maximum Gasteiger partial charge on any atom is 0.263 e. The zero-order valence-electron chi connectivity index (χ0n) is 13.9. The number of hydrogen-bond acceptors (Lipinski definition) is 2. The van der Waals surface area contributed by atoms with Gasteiger partial charge in [-0.2, -0.15) is 0 Å². The van der Waals surface area contributed by atoms with E-state index in [0.717, 1.165) is 22.2 Å². The number of aromatic amines is 1. The summed E-state index contributed by atoms with van der Waals surface area (Å²) < 4.78 is 40.8. The fourth-order valence-corrected chi connectivity index (χ4v) is 4.43. The van der Waals surface area contributed by atoms with E-state index in [-0.39, 0.29) is 15.7 Å². The summed E-state index contributed by atoms with van der Waals surface area (Å²) in [6.45, 7) is 0. The molecular weight excluding hydrogens is 387 g/mol. The summed E-state index contributed by atoms with van der Waals surface area (Å²) in [6, 6.07) is 19.5. The third kappa shape index (κ3) is 3.54. The first-order valence-electron chi connectivity index (χ1n) is 8.08. The van der Waals surface area contributed by atoms with E-state index in [1.54, 1.807) is 42.5 Å². The number of sulfonamides is 1. The van der Waals surface area contributed by atoms with Crippen LogP contribution >= 0.6 is 11.6 Å². The zero-order chi connectivity index (χ0) is 19.0. The van der Waals surface area contributed by atoms with Gasteiger partial charge in [-0.3, -0.25) is 4.72 Å². The average molecular weight is 401 g/mol. The molecule has 27 heavy (non-hydrogen) atoms. The molecule has 4 nitrogen and oxygen atoms in total. The Morgan fingerprint density at radius 2 is 1.67 bits per heavy atom. The minimum absolute atomic E-state index is 0.0217. The van der Waals surface area contributed by atoms with Crippen LogP contribution in [0.1, 0.15) is 0 Å². The summed E-state index contributed by atoms with van der Waals surface area (Å²) in [6.07, 6.45) is 0. The van der Waals surface area contributed by atoms with E-state index in [2.05, 4.69) is 9.71 Å². The van der Waals surface area contributed by atoms with E-state index in [9.17, 15) is 12.8 Å². The third-order valence-electron chi connectivity index (χ3n) is 4.16. The Morgan fingerprint density at radius 1 is 0.926 bits per heavy atom. The predicted molar refractivity (Wildman–Crippen MR) is 106 cm³/mol. The van der Waals surface area contributed by atoms with E-state index >= 15 is 0 Å². The molecule has 136 valence electrons. The van der Waals surface area contributed by atoms with Crippen molar-refractivity contribution in [3.05, 3.63) is 83.6 Å². The van der Waals surface area contributed by atoms with Crippen LogP contribution in [0.15, 0.2) is 77.7 Å². The first-order valence-corrected chi connectivity index (χ1v) is 9.94. The molecule has 0 aliphatic rings. The number of hydrogen-bond donors (Lipinski definition) is 2. The smallest absolute Gasteiger partial charge is 0.263 e. The molecule has 0 aliphatic heterocycles. The highest BCUT2D eigenvalue weighted by atomic mass is 35.5. The molecule has 0 saturated heterocycles. The molecule has 0 fully saturated rings. The first kappa shape index (κ1) is 17.6. The Balaban J connectivity index is 1.61. The first-order chi connectivity index (χ1) is 12.9. The Hall–Kier alpha value is -2.83. The highest BCUT2D eigenvalue weighted by Gasteiger charge is 2.17. The number of rotatable bonds is 4. The second-order valence-electron chi connectivity index (χ2n) is 6.03. The van der Waals surface area contributed by atoms with Crippen LogP contribution in [0.3, 0.4) is 0 Å². The molecule has 0 aliphatic carbocycles. The normalized spacial score (nSPS) is 11.6. The minimum Gasteiger partial charge on any atom is -0.355 e. The Bertz CT molecular complexity index is 1230. The van der Waals surface area contributed by atoms with Crippen molar-refractivity contribution in [1.82, 2.24) is 4.98 Å². The molecule has 2 N–H and O–H groups in total. The molecule has 0 amide bonds. The lowest BCUT2D eigenvalue weighted by Crippen LogP contribution is -2.13. The molecule has 3 aromatic carbocycles. The lowest BCUT2D eigenvalue weighted by molar-refractivity contribution is 0.601. The summed E-state index contributed by atoms with van der Waals surface area (Å²) in [5.74, 6) is -0.294. The number of aromatic nitrogens is 1. The van der Waals surface area contributed by atoms with Crippen molar-refractivity contribution in [2.45, 2.75) is 4.90 Å². The molecular formula is C20H14ClFN2O2S. The highest BCUT2D eigenvalue weighted by molar-refractivity contribution is 7.92. The van der Waals surface area contributed by atoms with Gasteiger partial charge in [0.25, 0.3) is 10.0 Å². The minimum atomic E-state index is -3.78. The van der Waals surface area contributed by atoms with Gasteiger partial charge in [-0.1, -0.05) is 35.9 Å². The van der Waals surface area contributed by atoms with Crippen LogP contribution in [-0.2, 0) is 10.0 Å². The van der Waals surface area contributed by atoms with E-state index in [1.165, 1.54) is 24.3 Å². The SMILES string of the molecule is O=S(=O)(Nc1ccc(-c2cc3cc(F)ccc3[nH]2)cc1)c1ccccc1Cl. The number of nitrogens with one attached hydrogen (secondary N) is 2. The number of H-pyrrole nitrogens is 1. The van der Waals surface area contributed by atoms with Crippen molar-refractivity contribution in [2.75, 3.05) is 4.72 Å². The van der Waals surface area contributed by atoms with Crippen LogP contribution in [0.5, 0.6) is 0 Å². The van der Waals surface area contributed by atoms with Gasteiger partial charge in [-0.15, -0.1) is 0 Å². The molecule has 4 rings (SSSR count). The Kier molecular flexibility index (Phi) is 4.37. The summed E-state index contributed by atoms with van der Waals surface area (Å²) >= 11 is 5.98. The van der Waals surface area contributed by atoms with Gasteiger partial charge in [0.2, 0.25) is 0 Å². The Morgan fingerprint density at radius 3 is 2.41 bits per heavy atom. The molecule has 7 heteroatoms. The van der Waals surface area contributed by atoms with Gasteiger partial charge in [0.1, 0.15) is 10.7 Å². The van der Waals surface area contributed by atoms with Gasteiger partial charge >= 0.3 is 0 Å². The monoisotopic (exact) mass is 400 g/mol. The van der Waals surface area contributed by atoms with Gasteiger partial charge in [0.15, 0.2) is 0 Å². The fourth-order valence-electron chi connectivity index (χ4n) is 2.85. The molecule has 1 aromatic heterocycles. The molecule has 4 aromatic rings. The lowest BCUT2D eigenvalue weighted by atomic mass is 10.1. The van der Waals surface area contributed by atoms with E-state index in [4.69, 9.17) is 11.6 Å². The van der Waals surface area contributed by atoms with Crippen LogP contribution in [-0.4, -0.2) is 13.4 Å². The zero-order valence-corrected chi connectivity index (χ0v) is 15.5. The molecule has 0 bridgehead atoms. The number of benzene rings is 3. The maximum atomic E-state index is 13.3. The molecule has 0 saturated carbocycles. The van der Waals surface area contributed by atoms with E-state index in [0.29, 0.717) is 5.69 Å². The van der Waals surface area contributed by atoms with Crippen LogP contribution in [0.2, 0.25) is 5.02 Å². The second kappa shape index (κ2) is 6.72. The largest absolute Gasteiger partial charge is 0.355 e.